The van der Waals surface area contributed by atoms with Gasteiger partial charge in [0, 0.05) is 0 Å². The van der Waals surface area contributed by atoms with E-state index in [0.717, 1.165) is 0 Å². The molecule has 0 rings (SSSR count). The molecule has 0 spiro atoms. The normalized spacial score (nSPS) is 12.3. The van der Waals surface area contributed by atoms with E-state index >= 15 is 0 Å². The number of hydrogen-bond acceptors (Lipinski definition) is 6. The lowest BCUT2D eigenvalue weighted by Gasteiger charge is -2.05. The van der Waals surface area contributed by atoms with Crippen LogP contribution in [0.5, 0.6) is 0 Å². The summed E-state index contributed by atoms with van der Waals surface area (Å²) in [6.07, 6.45) is -1.17. The SMILES string of the molecule is CCCS(=O)(=O)ONCC(O)O. The molecule has 3 N–H and O–H groups in total. The molecule has 0 aromatic heterocycles. The van der Waals surface area contributed by atoms with Crippen LogP contribution in [-0.2, 0) is 14.4 Å². The lowest BCUT2D eigenvalue weighted by molar-refractivity contribution is -0.0530. The zero-order chi connectivity index (χ0) is 9.61. The van der Waals surface area contributed by atoms with Crippen LogP contribution in [0, 0.1) is 0 Å². The molecular weight excluding hydrogens is 186 g/mol. The van der Waals surface area contributed by atoms with Crippen molar-refractivity contribution in [1.82, 2.24) is 5.48 Å². The third-order valence-electron chi connectivity index (χ3n) is 0.906. The first-order valence-electron chi connectivity index (χ1n) is 3.48. The lowest BCUT2D eigenvalue weighted by Crippen LogP contribution is -2.29. The van der Waals surface area contributed by atoms with Gasteiger partial charge in [-0.25, -0.2) is 0 Å². The number of rotatable bonds is 6. The second-order valence-corrected chi connectivity index (χ2v) is 3.86. The highest BCUT2D eigenvalue weighted by Crippen LogP contribution is 1.92. The molecule has 0 aromatic rings. The number of hydroxylamine groups is 1. The Hall–Kier alpha value is -0.210. The minimum Gasteiger partial charge on any atom is -0.367 e. The smallest absolute Gasteiger partial charge is 0.283 e. The quantitative estimate of drug-likeness (QED) is 0.358. The summed E-state index contributed by atoms with van der Waals surface area (Å²) in [6, 6.07) is 0. The van der Waals surface area contributed by atoms with Crippen LogP contribution >= 0.6 is 0 Å². The van der Waals surface area contributed by atoms with E-state index in [4.69, 9.17) is 10.2 Å². The van der Waals surface area contributed by atoms with Crippen LogP contribution in [0.25, 0.3) is 0 Å². The van der Waals surface area contributed by atoms with Gasteiger partial charge in [0.15, 0.2) is 6.29 Å². The second kappa shape index (κ2) is 5.44. The van der Waals surface area contributed by atoms with Crippen LogP contribution in [0.15, 0.2) is 0 Å². The van der Waals surface area contributed by atoms with Crippen LogP contribution in [-0.4, -0.2) is 37.2 Å². The third kappa shape index (κ3) is 6.50. The fourth-order valence-corrected chi connectivity index (χ4v) is 1.32. The first kappa shape index (κ1) is 11.8. The Labute approximate surface area is 71.2 Å². The van der Waals surface area contributed by atoms with Gasteiger partial charge in [0.05, 0.1) is 12.3 Å². The number of aliphatic hydroxyl groups is 2. The highest BCUT2D eigenvalue weighted by atomic mass is 32.2. The number of aliphatic hydroxyl groups excluding tert-OH is 1. The lowest BCUT2D eigenvalue weighted by atomic mass is 10.6. The molecule has 0 unspecified atom stereocenters. The molecule has 0 saturated carbocycles. The standard InChI is InChI=1S/C5H13NO5S/c1-2-3-12(9,10)11-6-4-5(7)8/h5-8H,2-4H2,1H3. The zero-order valence-corrected chi connectivity index (χ0v) is 7.54. The van der Waals surface area contributed by atoms with E-state index in [-0.39, 0.29) is 12.3 Å². The summed E-state index contributed by atoms with van der Waals surface area (Å²) in [4.78, 5) is 0. The Bertz CT molecular complexity index is 200. The van der Waals surface area contributed by atoms with Crippen molar-refractivity contribution in [2.45, 2.75) is 19.6 Å². The summed E-state index contributed by atoms with van der Waals surface area (Å²) in [5.74, 6) is -0.0957. The molecule has 0 amide bonds. The molecule has 0 bridgehead atoms. The molecule has 0 aliphatic carbocycles. The van der Waals surface area contributed by atoms with Crippen molar-refractivity contribution in [3.05, 3.63) is 0 Å². The molecular formula is C5H13NO5S. The molecule has 0 saturated heterocycles. The van der Waals surface area contributed by atoms with Crippen LogP contribution < -0.4 is 5.48 Å². The average Bonchev–Trinajstić information content (AvgIpc) is 1.85. The van der Waals surface area contributed by atoms with Crippen LogP contribution in [0.1, 0.15) is 13.3 Å². The first-order valence-corrected chi connectivity index (χ1v) is 5.06. The van der Waals surface area contributed by atoms with E-state index in [1.165, 1.54) is 0 Å². The highest BCUT2D eigenvalue weighted by molar-refractivity contribution is 7.86. The van der Waals surface area contributed by atoms with E-state index < -0.39 is 16.4 Å². The van der Waals surface area contributed by atoms with Gasteiger partial charge in [0.2, 0.25) is 0 Å². The zero-order valence-electron chi connectivity index (χ0n) is 6.73. The molecule has 0 fully saturated rings. The molecule has 74 valence electrons. The maximum Gasteiger partial charge on any atom is 0.283 e. The predicted molar refractivity (Wildman–Crippen MR) is 41.4 cm³/mol. The number of hydrogen-bond donors (Lipinski definition) is 3. The van der Waals surface area contributed by atoms with Crippen molar-refractivity contribution in [1.29, 1.82) is 0 Å². The maximum atomic E-state index is 10.8. The topological polar surface area (TPSA) is 95.9 Å². The van der Waals surface area contributed by atoms with Crippen molar-refractivity contribution >= 4 is 10.1 Å². The van der Waals surface area contributed by atoms with Crippen LogP contribution in [0.4, 0.5) is 0 Å². The fourth-order valence-electron chi connectivity index (χ4n) is 0.490. The Balaban J connectivity index is 3.62. The van der Waals surface area contributed by atoms with Gasteiger partial charge in [0.1, 0.15) is 0 Å². The molecule has 0 radical (unpaired) electrons. The Morgan fingerprint density at radius 3 is 2.50 bits per heavy atom. The Morgan fingerprint density at radius 1 is 1.50 bits per heavy atom. The van der Waals surface area contributed by atoms with E-state index in [1.807, 2.05) is 5.48 Å². The molecule has 0 aliphatic heterocycles. The highest BCUT2D eigenvalue weighted by Gasteiger charge is 2.09. The van der Waals surface area contributed by atoms with Crippen molar-refractivity contribution in [3.8, 4) is 0 Å². The Morgan fingerprint density at radius 2 is 2.08 bits per heavy atom. The molecule has 0 heterocycles. The second-order valence-electron chi connectivity index (χ2n) is 2.17. The fraction of sp³-hybridized carbons (Fsp3) is 1.00. The van der Waals surface area contributed by atoms with Crippen molar-refractivity contribution in [2.75, 3.05) is 12.3 Å². The largest absolute Gasteiger partial charge is 0.367 e. The summed E-state index contributed by atoms with van der Waals surface area (Å²) in [5, 5.41) is 16.6. The summed E-state index contributed by atoms with van der Waals surface area (Å²) >= 11 is 0. The van der Waals surface area contributed by atoms with Gasteiger partial charge in [-0.1, -0.05) is 6.92 Å². The molecule has 7 heteroatoms. The van der Waals surface area contributed by atoms with Gasteiger partial charge >= 0.3 is 0 Å². The van der Waals surface area contributed by atoms with Gasteiger partial charge < -0.3 is 10.2 Å². The monoisotopic (exact) mass is 199 g/mol. The van der Waals surface area contributed by atoms with Crippen molar-refractivity contribution in [2.24, 2.45) is 0 Å². The number of nitrogens with one attached hydrogen (secondary N) is 1. The molecule has 6 nitrogen and oxygen atoms in total. The first-order chi connectivity index (χ1) is 5.48. The summed E-state index contributed by atoms with van der Waals surface area (Å²) < 4.78 is 25.7. The van der Waals surface area contributed by atoms with E-state index in [9.17, 15) is 8.42 Å². The van der Waals surface area contributed by atoms with Gasteiger partial charge in [-0.15, -0.1) is 0 Å². The summed E-state index contributed by atoms with van der Waals surface area (Å²) in [5.41, 5.74) is 1.92. The summed E-state index contributed by atoms with van der Waals surface area (Å²) in [6.45, 7) is 1.35. The van der Waals surface area contributed by atoms with Crippen molar-refractivity contribution < 1.29 is 22.9 Å². The van der Waals surface area contributed by atoms with Gasteiger partial charge in [-0.2, -0.15) is 18.2 Å². The van der Waals surface area contributed by atoms with Crippen molar-refractivity contribution in [3.63, 3.8) is 0 Å². The molecule has 0 aromatic carbocycles. The Kier molecular flexibility index (Phi) is 5.34. The van der Waals surface area contributed by atoms with E-state index in [1.54, 1.807) is 6.92 Å². The van der Waals surface area contributed by atoms with Gasteiger partial charge in [-0.05, 0) is 6.42 Å². The third-order valence-corrected chi connectivity index (χ3v) is 2.19. The summed E-state index contributed by atoms with van der Waals surface area (Å²) in [7, 11) is -3.56. The maximum absolute atomic E-state index is 10.8. The van der Waals surface area contributed by atoms with Gasteiger partial charge in [0.25, 0.3) is 10.1 Å². The van der Waals surface area contributed by atoms with Crippen LogP contribution in [0.3, 0.4) is 0 Å². The van der Waals surface area contributed by atoms with Gasteiger partial charge in [-0.3, -0.25) is 0 Å². The molecule has 0 atom stereocenters. The van der Waals surface area contributed by atoms with Crippen LogP contribution in [0.2, 0.25) is 0 Å². The predicted octanol–water partition coefficient (Wildman–Crippen LogP) is -1.44. The molecule has 0 aliphatic rings. The average molecular weight is 199 g/mol. The van der Waals surface area contributed by atoms with E-state index in [0.29, 0.717) is 6.42 Å². The molecule has 12 heavy (non-hydrogen) atoms. The minimum atomic E-state index is -3.56. The van der Waals surface area contributed by atoms with E-state index in [2.05, 4.69) is 4.28 Å². The minimum absolute atomic E-state index is 0.0957.